The van der Waals surface area contributed by atoms with Crippen molar-refractivity contribution in [3.8, 4) is 0 Å². The molecule has 4 rings (SSSR count). The maximum absolute atomic E-state index is 11.4. The van der Waals surface area contributed by atoms with Gasteiger partial charge in [-0.1, -0.05) is 91.0 Å². The fraction of sp³-hybridized carbons (Fsp3) is 0.345. The summed E-state index contributed by atoms with van der Waals surface area (Å²) in [5, 5.41) is 12.0. The predicted molar refractivity (Wildman–Crippen MR) is 140 cm³/mol. The van der Waals surface area contributed by atoms with Gasteiger partial charge in [0.25, 0.3) is 0 Å². The highest BCUT2D eigenvalue weighted by atomic mass is 16.4. The molecule has 0 aliphatic carbocycles. The van der Waals surface area contributed by atoms with Crippen LogP contribution in [0.15, 0.2) is 91.0 Å². The van der Waals surface area contributed by atoms with Gasteiger partial charge in [-0.3, -0.25) is 14.7 Å². The minimum absolute atomic E-state index is 0.0756. The largest absolute Gasteiger partial charge is 0.465 e. The van der Waals surface area contributed by atoms with Gasteiger partial charge in [-0.25, -0.2) is 4.79 Å². The predicted octanol–water partition coefficient (Wildman–Crippen LogP) is 4.14. The fourth-order valence-electron chi connectivity index (χ4n) is 4.76. The molecule has 184 valence electrons. The zero-order valence-corrected chi connectivity index (χ0v) is 20.3. The first-order valence-corrected chi connectivity index (χ1v) is 12.4. The Labute approximate surface area is 208 Å². The average Bonchev–Trinajstić information content (AvgIpc) is 2.95. The maximum atomic E-state index is 11.4. The van der Waals surface area contributed by atoms with E-state index in [0.29, 0.717) is 6.54 Å². The number of carbonyl (C=O) groups is 1. The highest BCUT2D eigenvalue weighted by Crippen LogP contribution is 2.15. The van der Waals surface area contributed by atoms with Gasteiger partial charge in [-0.05, 0) is 16.7 Å². The van der Waals surface area contributed by atoms with Gasteiger partial charge in [0.2, 0.25) is 0 Å². The van der Waals surface area contributed by atoms with Gasteiger partial charge in [-0.15, -0.1) is 0 Å². The van der Waals surface area contributed by atoms with Crippen molar-refractivity contribution in [2.24, 2.45) is 0 Å². The third-order valence-electron chi connectivity index (χ3n) is 6.64. The van der Waals surface area contributed by atoms with Crippen LogP contribution in [0.3, 0.4) is 0 Å². The Morgan fingerprint density at radius 1 is 0.686 bits per heavy atom. The van der Waals surface area contributed by atoms with Crippen LogP contribution in [0.2, 0.25) is 0 Å². The Bertz CT molecular complexity index is 1020. The van der Waals surface area contributed by atoms with Crippen LogP contribution in [-0.4, -0.2) is 71.2 Å². The lowest BCUT2D eigenvalue weighted by Gasteiger charge is -2.34. The molecule has 1 amide bonds. The first-order chi connectivity index (χ1) is 17.2. The topological polar surface area (TPSA) is 59.1 Å². The summed E-state index contributed by atoms with van der Waals surface area (Å²) in [4.78, 5) is 18.9. The molecule has 1 fully saturated rings. The smallest absolute Gasteiger partial charge is 0.404 e. The van der Waals surface area contributed by atoms with E-state index in [1.165, 1.54) is 16.7 Å². The van der Waals surface area contributed by atoms with Gasteiger partial charge < -0.3 is 10.4 Å². The van der Waals surface area contributed by atoms with Crippen molar-refractivity contribution in [2.45, 2.75) is 25.7 Å². The number of rotatable bonds is 8. The number of carboxylic acid groups (broad SMARTS) is 1. The summed E-state index contributed by atoms with van der Waals surface area (Å²) in [7, 11) is 0. The standard InChI is InChI=1S/C29H36N4O2/c34-29(35)30-20-28-24-32(22-26-12-6-2-7-13-26)17-16-31(21-25-10-4-1-5-11-25)18-19-33(28)23-27-14-8-3-9-15-27/h1-15,28,30H,16-24H2,(H,34,35). The Balaban J connectivity index is 1.57. The van der Waals surface area contributed by atoms with E-state index in [-0.39, 0.29) is 6.04 Å². The number of benzene rings is 3. The Kier molecular flexibility index (Phi) is 9.29. The minimum atomic E-state index is -0.968. The molecule has 35 heavy (non-hydrogen) atoms. The van der Waals surface area contributed by atoms with Crippen molar-refractivity contribution in [1.82, 2.24) is 20.0 Å². The number of nitrogens with one attached hydrogen (secondary N) is 1. The molecule has 1 aliphatic rings. The normalized spacial score (nSPS) is 18.3. The first-order valence-electron chi connectivity index (χ1n) is 12.4. The molecular weight excluding hydrogens is 436 g/mol. The zero-order valence-electron chi connectivity index (χ0n) is 20.3. The summed E-state index contributed by atoms with van der Waals surface area (Å²) in [5.74, 6) is 0. The molecule has 1 aliphatic heterocycles. The summed E-state index contributed by atoms with van der Waals surface area (Å²) < 4.78 is 0. The van der Waals surface area contributed by atoms with Gasteiger partial charge in [0.15, 0.2) is 0 Å². The molecule has 3 aromatic rings. The van der Waals surface area contributed by atoms with Gasteiger partial charge >= 0.3 is 6.09 Å². The van der Waals surface area contributed by atoms with E-state index in [1.807, 2.05) is 12.1 Å². The molecule has 1 atom stereocenters. The molecule has 0 spiro atoms. The SMILES string of the molecule is O=C(O)NCC1CN(Cc2ccccc2)CCN(Cc2ccccc2)CCN1Cc1ccccc1. The van der Waals surface area contributed by atoms with Crippen molar-refractivity contribution in [1.29, 1.82) is 0 Å². The van der Waals surface area contributed by atoms with Crippen LogP contribution in [-0.2, 0) is 19.6 Å². The monoisotopic (exact) mass is 472 g/mol. The van der Waals surface area contributed by atoms with Crippen LogP contribution >= 0.6 is 0 Å². The van der Waals surface area contributed by atoms with E-state index in [0.717, 1.165) is 52.4 Å². The Hall–Kier alpha value is -3.19. The van der Waals surface area contributed by atoms with Crippen LogP contribution in [0.5, 0.6) is 0 Å². The molecule has 1 unspecified atom stereocenters. The van der Waals surface area contributed by atoms with Gasteiger partial charge in [0, 0.05) is 64.9 Å². The van der Waals surface area contributed by atoms with E-state index in [4.69, 9.17) is 0 Å². The van der Waals surface area contributed by atoms with Crippen molar-refractivity contribution in [3.63, 3.8) is 0 Å². The van der Waals surface area contributed by atoms with Crippen molar-refractivity contribution >= 4 is 6.09 Å². The summed E-state index contributed by atoms with van der Waals surface area (Å²) in [6.45, 7) is 7.50. The zero-order chi connectivity index (χ0) is 24.3. The van der Waals surface area contributed by atoms with Crippen LogP contribution in [0, 0.1) is 0 Å². The first kappa shape index (κ1) is 24.9. The van der Waals surface area contributed by atoms with Gasteiger partial charge in [-0.2, -0.15) is 0 Å². The quantitative estimate of drug-likeness (QED) is 0.516. The molecular formula is C29H36N4O2. The molecule has 0 saturated carbocycles. The van der Waals surface area contributed by atoms with Crippen molar-refractivity contribution in [3.05, 3.63) is 108 Å². The molecule has 1 heterocycles. The molecule has 0 bridgehead atoms. The fourth-order valence-corrected chi connectivity index (χ4v) is 4.76. The lowest BCUT2D eigenvalue weighted by molar-refractivity contribution is 0.131. The summed E-state index contributed by atoms with van der Waals surface area (Å²) in [6, 6.07) is 31.7. The average molecular weight is 473 g/mol. The highest BCUT2D eigenvalue weighted by Gasteiger charge is 2.25. The lowest BCUT2D eigenvalue weighted by atomic mass is 10.1. The maximum Gasteiger partial charge on any atom is 0.404 e. The number of nitrogens with zero attached hydrogens (tertiary/aromatic N) is 3. The summed E-state index contributed by atoms with van der Waals surface area (Å²) >= 11 is 0. The number of hydrogen-bond donors (Lipinski definition) is 2. The van der Waals surface area contributed by atoms with Crippen LogP contribution in [0.25, 0.3) is 0 Å². The van der Waals surface area contributed by atoms with Gasteiger partial charge in [0.1, 0.15) is 0 Å². The van der Waals surface area contributed by atoms with Crippen LogP contribution < -0.4 is 5.32 Å². The van der Waals surface area contributed by atoms with E-state index < -0.39 is 6.09 Å². The minimum Gasteiger partial charge on any atom is -0.465 e. The second-order valence-corrected chi connectivity index (χ2v) is 9.28. The van der Waals surface area contributed by atoms with E-state index >= 15 is 0 Å². The number of amides is 1. The molecule has 6 nitrogen and oxygen atoms in total. The Morgan fingerprint density at radius 2 is 1.14 bits per heavy atom. The second-order valence-electron chi connectivity index (χ2n) is 9.28. The molecule has 0 aromatic heterocycles. The second kappa shape index (κ2) is 13.0. The summed E-state index contributed by atoms with van der Waals surface area (Å²) in [6.07, 6.45) is -0.968. The molecule has 3 aromatic carbocycles. The molecule has 1 saturated heterocycles. The Morgan fingerprint density at radius 3 is 1.69 bits per heavy atom. The highest BCUT2D eigenvalue weighted by molar-refractivity contribution is 5.64. The number of hydrogen-bond acceptors (Lipinski definition) is 4. The lowest BCUT2D eigenvalue weighted by Crippen LogP contribution is -2.50. The summed E-state index contributed by atoms with van der Waals surface area (Å²) in [5.41, 5.74) is 3.84. The van der Waals surface area contributed by atoms with E-state index in [9.17, 15) is 9.90 Å². The van der Waals surface area contributed by atoms with Crippen LogP contribution in [0.4, 0.5) is 4.79 Å². The van der Waals surface area contributed by atoms with E-state index in [1.54, 1.807) is 0 Å². The third-order valence-corrected chi connectivity index (χ3v) is 6.64. The van der Waals surface area contributed by atoms with Crippen molar-refractivity contribution in [2.75, 3.05) is 39.3 Å². The van der Waals surface area contributed by atoms with E-state index in [2.05, 4.69) is 98.9 Å². The van der Waals surface area contributed by atoms with Gasteiger partial charge in [0.05, 0.1) is 0 Å². The van der Waals surface area contributed by atoms with Crippen molar-refractivity contribution < 1.29 is 9.90 Å². The van der Waals surface area contributed by atoms with Crippen LogP contribution in [0.1, 0.15) is 16.7 Å². The third kappa shape index (κ3) is 8.21. The molecule has 0 radical (unpaired) electrons. The molecule has 6 heteroatoms. The molecule has 2 N–H and O–H groups in total.